The van der Waals surface area contributed by atoms with Crippen LogP contribution in [0.25, 0.3) is 0 Å². The average molecular weight is 531 g/mol. The largest absolute Gasteiger partial charge is 0.507 e. The number of methoxy groups -OCH3 is 5. The van der Waals surface area contributed by atoms with Crippen molar-refractivity contribution in [1.82, 2.24) is 9.80 Å². The van der Waals surface area contributed by atoms with Crippen molar-refractivity contribution in [2.45, 2.75) is 56.9 Å². The van der Waals surface area contributed by atoms with E-state index in [0.29, 0.717) is 41.4 Å². The van der Waals surface area contributed by atoms with Gasteiger partial charge in [-0.15, -0.1) is 0 Å². The maximum atomic E-state index is 11.6. The van der Waals surface area contributed by atoms with Crippen molar-refractivity contribution in [3.63, 3.8) is 0 Å². The van der Waals surface area contributed by atoms with Crippen molar-refractivity contribution in [2.24, 2.45) is 0 Å². The second kappa shape index (κ2) is 9.59. The third-order valence-corrected chi connectivity index (χ3v) is 8.98. The van der Waals surface area contributed by atoms with E-state index in [9.17, 15) is 15.3 Å². The Bertz CT molecular complexity index is 1260. The number of nitrogens with zero attached hydrogens (tertiary/aromatic N) is 2. The number of piperazine rings is 1. The number of benzene rings is 2. The molecule has 3 aliphatic rings. The molecule has 5 atom stereocenters. The Morgan fingerprint density at radius 1 is 0.737 bits per heavy atom. The molecule has 0 radical (unpaired) electrons. The first-order chi connectivity index (χ1) is 18.2. The first kappa shape index (κ1) is 26.5. The molecule has 5 rings (SSSR count). The number of hydrogen-bond acceptors (Lipinski definition) is 10. The highest BCUT2D eigenvalue weighted by Gasteiger charge is 2.55. The third kappa shape index (κ3) is 3.29. The van der Waals surface area contributed by atoms with Crippen LogP contribution in [0.2, 0.25) is 0 Å². The second-order valence-electron chi connectivity index (χ2n) is 10.3. The summed E-state index contributed by atoms with van der Waals surface area (Å²) in [5, 5.41) is 33.8. The summed E-state index contributed by atoms with van der Waals surface area (Å²) in [5.74, 6) is 2.30. The van der Waals surface area contributed by atoms with Crippen LogP contribution in [-0.4, -0.2) is 92.4 Å². The number of ether oxygens (including phenoxy) is 5. The highest BCUT2D eigenvalue weighted by molar-refractivity contribution is 5.69. The fraction of sp³-hybridized carbons (Fsp3) is 0.571. The predicted molar refractivity (Wildman–Crippen MR) is 140 cm³/mol. The summed E-state index contributed by atoms with van der Waals surface area (Å²) in [4.78, 5) is 4.61. The molecular weight excluding hydrogens is 492 g/mol. The van der Waals surface area contributed by atoms with Gasteiger partial charge in [-0.05, 0) is 33.7 Å². The lowest BCUT2D eigenvalue weighted by Crippen LogP contribution is -2.68. The van der Waals surface area contributed by atoms with Crippen molar-refractivity contribution < 1.29 is 39.0 Å². The minimum absolute atomic E-state index is 0.0128. The highest BCUT2D eigenvalue weighted by atomic mass is 16.5. The van der Waals surface area contributed by atoms with Gasteiger partial charge in [-0.2, -0.15) is 0 Å². The highest BCUT2D eigenvalue weighted by Crippen LogP contribution is 2.60. The van der Waals surface area contributed by atoms with Crippen molar-refractivity contribution in [2.75, 3.05) is 49.2 Å². The van der Waals surface area contributed by atoms with Crippen molar-refractivity contribution in [3.8, 4) is 40.2 Å². The molecule has 0 aliphatic carbocycles. The minimum atomic E-state index is -0.446. The molecule has 3 heterocycles. The summed E-state index contributed by atoms with van der Waals surface area (Å²) in [6, 6.07) is -0.842. The zero-order chi connectivity index (χ0) is 27.6. The molecule has 208 valence electrons. The number of fused-ring (bicyclic) bond motifs is 7. The molecule has 0 amide bonds. The van der Waals surface area contributed by atoms with E-state index in [0.717, 1.165) is 22.3 Å². The summed E-state index contributed by atoms with van der Waals surface area (Å²) >= 11 is 0. The maximum absolute atomic E-state index is 11.6. The predicted octanol–water partition coefficient (Wildman–Crippen LogP) is 2.71. The number of hydrogen-bond donors (Lipinski definition) is 3. The molecule has 2 aromatic carbocycles. The number of phenolic OH excluding ortho intramolecular Hbond substituents is 2. The fourth-order valence-corrected chi connectivity index (χ4v) is 7.42. The molecule has 1 fully saturated rings. The van der Waals surface area contributed by atoms with Gasteiger partial charge in [-0.25, -0.2) is 0 Å². The molecule has 3 aliphatic heterocycles. The lowest BCUT2D eigenvalue weighted by Gasteiger charge is -2.61. The number of phenols is 2. The Labute approximate surface area is 223 Å². The number of aliphatic hydroxyl groups excluding tert-OH is 1. The van der Waals surface area contributed by atoms with Crippen LogP contribution < -0.4 is 23.7 Å². The van der Waals surface area contributed by atoms with Crippen LogP contribution in [-0.2, 0) is 12.8 Å². The molecular formula is C28H38N2O8. The molecule has 0 saturated carbocycles. The van der Waals surface area contributed by atoms with Gasteiger partial charge >= 0.3 is 0 Å². The summed E-state index contributed by atoms with van der Waals surface area (Å²) < 4.78 is 28.5. The molecule has 38 heavy (non-hydrogen) atoms. The van der Waals surface area contributed by atoms with Crippen molar-refractivity contribution >= 4 is 0 Å². The van der Waals surface area contributed by atoms with Gasteiger partial charge < -0.3 is 39.0 Å². The van der Waals surface area contributed by atoms with Gasteiger partial charge in [-0.3, -0.25) is 9.80 Å². The van der Waals surface area contributed by atoms with Crippen LogP contribution in [0.3, 0.4) is 0 Å². The van der Waals surface area contributed by atoms with Crippen molar-refractivity contribution in [1.29, 1.82) is 0 Å². The minimum Gasteiger partial charge on any atom is -0.507 e. The Morgan fingerprint density at radius 3 is 1.87 bits per heavy atom. The van der Waals surface area contributed by atoms with Gasteiger partial charge in [-0.1, -0.05) is 0 Å². The number of aliphatic hydroxyl groups is 1. The van der Waals surface area contributed by atoms with Crippen molar-refractivity contribution in [3.05, 3.63) is 27.8 Å². The third-order valence-electron chi connectivity index (χ3n) is 8.98. The van der Waals surface area contributed by atoms with Gasteiger partial charge in [0.25, 0.3) is 0 Å². The number of likely N-dealkylation sites (N-methyl/N-ethyl adjacent to an activating group) is 1. The van der Waals surface area contributed by atoms with Crippen LogP contribution in [0, 0.1) is 6.92 Å². The summed E-state index contributed by atoms with van der Waals surface area (Å²) in [6.45, 7) is 3.79. The van der Waals surface area contributed by atoms with Crippen LogP contribution in [0.1, 0.15) is 46.8 Å². The van der Waals surface area contributed by atoms with Crippen LogP contribution in [0.4, 0.5) is 0 Å². The lowest BCUT2D eigenvalue weighted by atomic mass is 9.72. The van der Waals surface area contributed by atoms with Gasteiger partial charge in [0.15, 0.2) is 23.0 Å². The Hall–Kier alpha value is -3.08. The summed E-state index contributed by atoms with van der Waals surface area (Å²) in [7, 11) is 9.82. The number of aromatic hydroxyl groups is 2. The topological polar surface area (TPSA) is 113 Å². The molecule has 0 spiro atoms. The van der Waals surface area contributed by atoms with Gasteiger partial charge in [0.2, 0.25) is 11.5 Å². The SMILES string of the molecule is COc1c(C)c(O)c2c(c1OC)[C@H](CO)N1[C@@H](C)C3Cc4c(OC)c(OC)c(OC)c(O)c4C([C@@H]1C2)N3C. The van der Waals surface area contributed by atoms with Crippen LogP contribution >= 0.6 is 0 Å². The van der Waals surface area contributed by atoms with E-state index in [2.05, 4.69) is 23.8 Å². The van der Waals surface area contributed by atoms with E-state index >= 15 is 0 Å². The van der Waals surface area contributed by atoms with E-state index in [1.54, 1.807) is 28.3 Å². The van der Waals surface area contributed by atoms with Crippen LogP contribution in [0.5, 0.6) is 40.2 Å². The summed E-state index contributed by atoms with van der Waals surface area (Å²) in [6.07, 6.45) is 1.08. The molecule has 2 unspecified atom stereocenters. The first-order valence-corrected chi connectivity index (χ1v) is 12.8. The Balaban J connectivity index is 1.79. The smallest absolute Gasteiger partial charge is 0.207 e. The normalized spacial score (nSPS) is 26.2. The molecule has 10 heteroatoms. The zero-order valence-electron chi connectivity index (χ0n) is 23.3. The molecule has 0 aromatic heterocycles. The van der Waals surface area contributed by atoms with E-state index < -0.39 is 6.04 Å². The van der Waals surface area contributed by atoms with E-state index in [4.69, 9.17) is 23.7 Å². The molecule has 10 nitrogen and oxygen atoms in total. The summed E-state index contributed by atoms with van der Waals surface area (Å²) in [5.41, 5.74) is 3.66. The second-order valence-corrected chi connectivity index (χ2v) is 10.3. The molecule has 3 N–H and O–H groups in total. The van der Waals surface area contributed by atoms with E-state index in [1.807, 2.05) is 0 Å². The monoisotopic (exact) mass is 530 g/mol. The fourth-order valence-electron chi connectivity index (χ4n) is 7.42. The van der Waals surface area contributed by atoms with Crippen LogP contribution in [0.15, 0.2) is 0 Å². The van der Waals surface area contributed by atoms with Gasteiger partial charge in [0.1, 0.15) is 5.75 Å². The molecule has 1 saturated heterocycles. The van der Waals surface area contributed by atoms with Gasteiger partial charge in [0, 0.05) is 45.9 Å². The van der Waals surface area contributed by atoms with Gasteiger partial charge in [0.05, 0.1) is 54.2 Å². The average Bonchev–Trinajstić information content (AvgIpc) is 2.92. The Morgan fingerprint density at radius 2 is 1.32 bits per heavy atom. The van der Waals surface area contributed by atoms with E-state index in [-0.39, 0.29) is 48.0 Å². The maximum Gasteiger partial charge on any atom is 0.207 e. The zero-order valence-corrected chi connectivity index (χ0v) is 23.3. The lowest BCUT2D eigenvalue weighted by molar-refractivity contribution is -0.0944. The van der Waals surface area contributed by atoms with E-state index in [1.165, 1.54) is 14.2 Å². The Kier molecular flexibility index (Phi) is 6.69. The number of rotatable bonds is 6. The quantitative estimate of drug-likeness (QED) is 0.515. The molecule has 2 bridgehead atoms. The first-order valence-electron chi connectivity index (χ1n) is 12.8. The standard InChI is InChI=1S/C28H38N2O8/c1-12-22(32)14-9-17-21-20-15(25(35-5)28(38-8)27(37-7)23(20)33)10-16(29(21)3)13(2)30(17)18(11-31)19(14)26(36-6)24(12)34-4/h13,16-18,21,31-33H,9-11H2,1-8H3/t13-,16?,17-,18-,21?/m0/s1. The molecule has 2 aromatic rings.